The molecular weight excluding hydrogens is 232 g/mol. The van der Waals surface area contributed by atoms with E-state index in [2.05, 4.69) is 10.0 Å². The maximum Gasteiger partial charge on any atom is 0.262 e. The molecule has 1 aromatic carbocycles. The summed E-state index contributed by atoms with van der Waals surface area (Å²) >= 11 is 0. The Bertz CT molecular complexity index is 538. The van der Waals surface area contributed by atoms with Crippen LogP contribution in [-0.4, -0.2) is 27.2 Å². The minimum atomic E-state index is -3.31. The van der Waals surface area contributed by atoms with Crippen molar-refractivity contribution in [3.05, 3.63) is 18.2 Å². The lowest BCUT2D eigenvalue weighted by Gasteiger charge is -2.18. The van der Waals surface area contributed by atoms with Crippen molar-refractivity contribution >= 4 is 27.3 Å². The fourth-order valence-electron chi connectivity index (χ4n) is 1.35. The van der Waals surface area contributed by atoms with Crippen molar-refractivity contribution < 1.29 is 17.9 Å². The van der Waals surface area contributed by atoms with E-state index < -0.39 is 10.0 Å². The van der Waals surface area contributed by atoms with Gasteiger partial charge in [-0.25, -0.2) is 8.42 Å². The first kappa shape index (κ1) is 10.7. The Labute approximate surface area is 92.7 Å². The second kappa shape index (κ2) is 3.67. The molecule has 1 aromatic rings. The Hall–Kier alpha value is -1.76. The van der Waals surface area contributed by atoms with E-state index in [0.717, 1.165) is 6.26 Å². The lowest BCUT2D eigenvalue weighted by atomic mass is 10.2. The van der Waals surface area contributed by atoms with Crippen LogP contribution in [0.3, 0.4) is 0 Å². The number of ether oxygens (including phenoxy) is 1. The molecule has 0 saturated heterocycles. The third-order valence-corrected chi connectivity index (χ3v) is 2.52. The molecule has 2 rings (SSSR count). The molecule has 86 valence electrons. The summed E-state index contributed by atoms with van der Waals surface area (Å²) in [7, 11) is -3.31. The number of nitrogens with one attached hydrogen (secondary N) is 2. The number of fused-ring (bicyclic) bond motifs is 1. The van der Waals surface area contributed by atoms with Crippen molar-refractivity contribution in [2.45, 2.75) is 0 Å². The molecule has 1 amide bonds. The molecule has 0 saturated carbocycles. The fourth-order valence-corrected chi connectivity index (χ4v) is 1.91. The molecule has 0 fully saturated rings. The van der Waals surface area contributed by atoms with Gasteiger partial charge in [0.2, 0.25) is 10.0 Å². The third-order valence-electron chi connectivity index (χ3n) is 1.92. The van der Waals surface area contributed by atoms with Crippen LogP contribution in [0.1, 0.15) is 0 Å². The van der Waals surface area contributed by atoms with Crippen molar-refractivity contribution in [1.29, 1.82) is 0 Å². The zero-order chi connectivity index (χ0) is 11.8. The number of benzene rings is 1. The van der Waals surface area contributed by atoms with Crippen molar-refractivity contribution in [2.24, 2.45) is 0 Å². The van der Waals surface area contributed by atoms with Gasteiger partial charge in [-0.05, 0) is 12.1 Å². The summed E-state index contributed by atoms with van der Waals surface area (Å²) in [4.78, 5) is 11.0. The van der Waals surface area contributed by atoms with Gasteiger partial charge in [0.05, 0.1) is 17.6 Å². The highest BCUT2D eigenvalue weighted by Crippen LogP contribution is 2.30. The topological polar surface area (TPSA) is 84.5 Å². The Morgan fingerprint density at radius 3 is 2.88 bits per heavy atom. The van der Waals surface area contributed by atoms with Gasteiger partial charge in [0.1, 0.15) is 5.75 Å². The number of carbonyl (C=O) groups is 1. The van der Waals surface area contributed by atoms with Gasteiger partial charge in [-0.15, -0.1) is 0 Å². The first-order chi connectivity index (χ1) is 7.44. The van der Waals surface area contributed by atoms with E-state index in [9.17, 15) is 13.2 Å². The van der Waals surface area contributed by atoms with Crippen LogP contribution in [0.2, 0.25) is 0 Å². The van der Waals surface area contributed by atoms with E-state index in [0.29, 0.717) is 17.1 Å². The number of carbonyl (C=O) groups excluding carboxylic acids is 1. The van der Waals surface area contributed by atoms with Gasteiger partial charge in [0.25, 0.3) is 5.91 Å². The van der Waals surface area contributed by atoms with E-state index in [1.54, 1.807) is 12.1 Å². The van der Waals surface area contributed by atoms with Crippen molar-refractivity contribution in [3.63, 3.8) is 0 Å². The summed E-state index contributed by atoms with van der Waals surface area (Å²) in [6.45, 7) is -0.0602. The molecule has 16 heavy (non-hydrogen) atoms. The molecule has 0 unspecified atom stereocenters. The lowest BCUT2D eigenvalue weighted by molar-refractivity contribution is -0.118. The number of anilines is 2. The summed E-state index contributed by atoms with van der Waals surface area (Å²) in [6.07, 6.45) is 1.06. The molecule has 6 nitrogen and oxygen atoms in total. The van der Waals surface area contributed by atoms with E-state index in [4.69, 9.17) is 4.74 Å². The second-order valence-electron chi connectivity index (χ2n) is 3.42. The van der Waals surface area contributed by atoms with Gasteiger partial charge in [-0.3, -0.25) is 9.52 Å². The number of hydrogen-bond acceptors (Lipinski definition) is 4. The quantitative estimate of drug-likeness (QED) is 0.785. The summed E-state index contributed by atoms with van der Waals surface area (Å²) < 4.78 is 29.5. The van der Waals surface area contributed by atoms with Crippen LogP contribution < -0.4 is 14.8 Å². The largest absolute Gasteiger partial charge is 0.482 e. The predicted octanol–water partition coefficient (Wildman–Crippen LogP) is 0.389. The van der Waals surface area contributed by atoms with Crippen LogP contribution in [0.4, 0.5) is 11.4 Å². The van der Waals surface area contributed by atoms with E-state index in [1.165, 1.54) is 6.07 Å². The van der Waals surface area contributed by atoms with Gasteiger partial charge in [0.15, 0.2) is 6.61 Å². The van der Waals surface area contributed by atoms with Crippen LogP contribution in [0.15, 0.2) is 18.2 Å². The maximum absolute atomic E-state index is 11.0. The standard InChI is InChI=1S/C9H10N2O4S/c1-16(13,14)11-6-2-3-7-8(4-6)15-5-9(12)10-7/h2-4,11H,5H2,1H3,(H,10,12). The van der Waals surface area contributed by atoms with Crippen LogP contribution in [0.5, 0.6) is 5.75 Å². The van der Waals surface area contributed by atoms with Crippen LogP contribution in [-0.2, 0) is 14.8 Å². The molecule has 0 aliphatic carbocycles. The summed E-state index contributed by atoms with van der Waals surface area (Å²) in [5, 5.41) is 2.61. The number of rotatable bonds is 2. The monoisotopic (exact) mass is 242 g/mol. The molecule has 7 heteroatoms. The first-order valence-corrected chi connectivity index (χ1v) is 6.38. The molecule has 0 spiro atoms. The lowest BCUT2D eigenvalue weighted by Crippen LogP contribution is -2.25. The zero-order valence-electron chi connectivity index (χ0n) is 8.48. The van der Waals surface area contributed by atoms with E-state index >= 15 is 0 Å². The van der Waals surface area contributed by atoms with Gasteiger partial charge in [0, 0.05) is 6.07 Å². The van der Waals surface area contributed by atoms with Crippen LogP contribution in [0.25, 0.3) is 0 Å². The van der Waals surface area contributed by atoms with Crippen LogP contribution in [0, 0.1) is 0 Å². The Morgan fingerprint density at radius 1 is 1.44 bits per heavy atom. The Balaban J connectivity index is 2.30. The summed E-state index contributed by atoms with van der Waals surface area (Å²) in [5.74, 6) is 0.226. The molecular formula is C9H10N2O4S. The zero-order valence-corrected chi connectivity index (χ0v) is 9.30. The fraction of sp³-hybridized carbons (Fsp3) is 0.222. The highest BCUT2D eigenvalue weighted by Gasteiger charge is 2.16. The second-order valence-corrected chi connectivity index (χ2v) is 5.17. The average Bonchev–Trinajstić information content (AvgIpc) is 2.16. The molecule has 0 aromatic heterocycles. The average molecular weight is 242 g/mol. The van der Waals surface area contributed by atoms with E-state index in [1.807, 2.05) is 0 Å². The molecule has 2 N–H and O–H groups in total. The molecule has 1 aliphatic rings. The van der Waals surface area contributed by atoms with Gasteiger partial charge >= 0.3 is 0 Å². The van der Waals surface area contributed by atoms with Crippen molar-refractivity contribution in [2.75, 3.05) is 22.9 Å². The summed E-state index contributed by atoms with van der Waals surface area (Å²) in [6, 6.07) is 4.66. The minimum Gasteiger partial charge on any atom is -0.482 e. The minimum absolute atomic E-state index is 0.0602. The molecule has 0 atom stereocenters. The first-order valence-electron chi connectivity index (χ1n) is 4.48. The predicted molar refractivity (Wildman–Crippen MR) is 59.0 cm³/mol. The normalized spacial score (nSPS) is 14.7. The van der Waals surface area contributed by atoms with Crippen molar-refractivity contribution in [3.8, 4) is 5.75 Å². The third kappa shape index (κ3) is 2.43. The Kier molecular flexibility index (Phi) is 2.47. The SMILES string of the molecule is CS(=O)(=O)Nc1ccc2c(c1)OCC(=O)N2. The van der Waals surface area contributed by atoms with Crippen molar-refractivity contribution in [1.82, 2.24) is 0 Å². The maximum atomic E-state index is 11.0. The molecule has 0 bridgehead atoms. The van der Waals surface area contributed by atoms with Gasteiger partial charge in [-0.2, -0.15) is 0 Å². The number of amides is 1. The highest BCUT2D eigenvalue weighted by molar-refractivity contribution is 7.92. The molecule has 1 heterocycles. The number of sulfonamides is 1. The highest BCUT2D eigenvalue weighted by atomic mass is 32.2. The van der Waals surface area contributed by atoms with E-state index in [-0.39, 0.29) is 12.5 Å². The summed E-state index contributed by atoms with van der Waals surface area (Å²) in [5.41, 5.74) is 0.938. The molecule has 0 radical (unpaired) electrons. The van der Waals surface area contributed by atoms with Crippen LogP contribution >= 0.6 is 0 Å². The number of hydrogen-bond donors (Lipinski definition) is 2. The van der Waals surface area contributed by atoms with Gasteiger partial charge in [-0.1, -0.05) is 0 Å². The molecule has 1 aliphatic heterocycles. The smallest absolute Gasteiger partial charge is 0.262 e. The van der Waals surface area contributed by atoms with Gasteiger partial charge < -0.3 is 10.1 Å². The Morgan fingerprint density at radius 2 is 2.19 bits per heavy atom.